The molecule has 152 valence electrons. The standard InChI is InChI=1S/C21H25N5O3/c1-4-28-8-7-26-18-5-6-25(21(27)16-9-14(2)10-22-12-16)13-17(18)19(24-26)20-23-11-15(3)29-20/h9-12H,4-8,13H2,1-3H3. The number of fused-ring (bicyclic) bond motifs is 1. The van der Waals surface area contributed by atoms with Gasteiger partial charge in [0, 0.05) is 43.2 Å². The minimum atomic E-state index is -0.0246. The Bertz CT molecular complexity index is 1020. The fourth-order valence-corrected chi connectivity index (χ4v) is 3.63. The highest BCUT2D eigenvalue weighted by Gasteiger charge is 2.30. The minimum absolute atomic E-state index is 0.0246. The van der Waals surface area contributed by atoms with E-state index in [0.717, 1.165) is 29.0 Å². The molecule has 4 rings (SSSR count). The summed E-state index contributed by atoms with van der Waals surface area (Å²) in [6.07, 6.45) is 5.77. The first kappa shape index (κ1) is 19.3. The van der Waals surface area contributed by atoms with Crippen LogP contribution in [-0.2, 0) is 24.2 Å². The van der Waals surface area contributed by atoms with Crippen molar-refractivity contribution in [3.8, 4) is 11.6 Å². The molecule has 3 aromatic rings. The molecule has 0 spiro atoms. The zero-order valence-corrected chi connectivity index (χ0v) is 17.0. The number of carbonyl (C=O) groups is 1. The number of oxazole rings is 1. The van der Waals surface area contributed by atoms with E-state index in [1.807, 2.05) is 36.4 Å². The van der Waals surface area contributed by atoms with Gasteiger partial charge in [-0.05, 0) is 32.4 Å². The summed E-state index contributed by atoms with van der Waals surface area (Å²) in [5.74, 6) is 1.19. The van der Waals surface area contributed by atoms with Gasteiger partial charge in [-0.3, -0.25) is 14.5 Å². The van der Waals surface area contributed by atoms with Gasteiger partial charge < -0.3 is 14.1 Å². The molecule has 0 bridgehead atoms. The van der Waals surface area contributed by atoms with E-state index >= 15 is 0 Å². The second-order valence-corrected chi connectivity index (χ2v) is 7.20. The van der Waals surface area contributed by atoms with E-state index in [2.05, 4.69) is 9.97 Å². The van der Waals surface area contributed by atoms with Gasteiger partial charge >= 0.3 is 0 Å². The van der Waals surface area contributed by atoms with E-state index in [-0.39, 0.29) is 5.91 Å². The van der Waals surface area contributed by atoms with Crippen molar-refractivity contribution in [3.63, 3.8) is 0 Å². The van der Waals surface area contributed by atoms with Gasteiger partial charge in [-0.2, -0.15) is 5.10 Å². The van der Waals surface area contributed by atoms with E-state index in [1.165, 1.54) is 0 Å². The summed E-state index contributed by atoms with van der Waals surface area (Å²) in [4.78, 5) is 23.4. The van der Waals surface area contributed by atoms with Crippen LogP contribution in [0, 0.1) is 13.8 Å². The summed E-state index contributed by atoms with van der Waals surface area (Å²) < 4.78 is 13.2. The van der Waals surface area contributed by atoms with Gasteiger partial charge in [-0.1, -0.05) is 0 Å². The molecule has 8 heteroatoms. The molecule has 0 radical (unpaired) electrons. The Morgan fingerprint density at radius 3 is 2.86 bits per heavy atom. The summed E-state index contributed by atoms with van der Waals surface area (Å²) in [5.41, 5.74) is 4.37. The van der Waals surface area contributed by atoms with Crippen LogP contribution in [0.3, 0.4) is 0 Å². The fraction of sp³-hybridized carbons (Fsp3) is 0.429. The van der Waals surface area contributed by atoms with Gasteiger partial charge in [0.2, 0.25) is 5.89 Å². The van der Waals surface area contributed by atoms with Gasteiger partial charge in [0.1, 0.15) is 5.76 Å². The lowest BCUT2D eigenvalue weighted by molar-refractivity contribution is 0.0731. The molecule has 0 saturated heterocycles. The Balaban J connectivity index is 1.65. The van der Waals surface area contributed by atoms with Crippen molar-refractivity contribution in [3.05, 3.63) is 52.8 Å². The lowest BCUT2D eigenvalue weighted by Gasteiger charge is -2.28. The third-order valence-electron chi connectivity index (χ3n) is 5.02. The maximum absolute atomic E-state index is 13.0. The van der Waals surface area contributed by atoms with Crippen molar-refractivity contribution in [2.75, 3.05) is 19.8 Å². The van der Waals surface area contributed by atoms with Gasteiger partial charge in [-0.15, -0.1) is 0 Å². The van der Waals surface area contributed by atoms with Crippen LogP contribution in [0.15, 0.2) is 29.1 Å². The Morgan fingerprint density at radius 2 is 2.14 bits per heavy atom. The van der Waals surface area contributed by atoms with Crippen molar-refractivity contribution in [2.24, 2.45) is 0 Å². The summed E-state index contributed by atoms with van der Waals surface area (Å²) in [7, 11) is 0. The highest BCUT2D eigenvalue weighted by molar-refractivity contribution is 5.94. The van der Waals surface area contributed by atoms with Crippen molar-refractivity contribution < 1.29 is 13.9 Å². The van der Waals surface area contributed by atoms with Gasteiger partial charge in [-0.25, -0.2) is 4.98 Å². The zero-order chi connectivity index (χ0) is 20.4. The number of hydrogen-bond acceptors (Lipinski definition) is 6. The fourth-order valence-electron chi connectivity index (χ4n) is 3.63. The van der Waals surface area contributed by atoms with Crippen LogP contribution < -0.4 is 0 Å². The molecule has 1 aliphatic rings. The Labute approximate surface area is 169 Å². The summed E-state index contributed by atoms with van der Waals surface area (Å²) in [6.45, 7) is 8.78. The van der Waals surface area contributed by atoms with E-state index in [9.17, 15) is 4.79 Å². The van der Waals surface area contributed by atoms with Crippen LogP contribution in [0.1, 0.15) is 39.9 Å². The largest absolute Gasteiger partial charge is 0.440 e. The number of amides is 1. The smallest absolute Gasteiger partial charge is 0.255 e. The SMILES string of the molecule is CCOCCn1nc(-c2ncc(C)o2)c2c1CCN(C(=O)c1cncc(C)c1)C2. The minimum Gasteiger partial charge on any atom is -0.440 e. The van der Waals surface area contributed by atoms with Gasteiger partial charge in [0.15, 0.2) is 5.69 Å². The van der Waals surface area contributed by atoms with Crippen LogP contribution in [0.25, 0.3) is 11.6 Å². The van der Waals surface area contributed by atoms with Crippen molar-refractivity contribution in [2.45, 2.75) is 40.3 Å². The molecule has 0 atom stereocenters. The maximum Gasteiger partial charge on any atom is 0.255 e. The Hall–Kier alpha value is -3.00. The first-order chi connectivity index (χ1) is 14.1. The van der Waals surface area contributed by atoms with Crippen LogP contribution in [-0.4, -0.2) is 50.3 Å². The van der Waals surface area contributed by atoms with E-state index in [4.69, 9.17) is 14.3 Å². The van der Waals surface area contributed by atoms with Crippen molar-refractivity contribution in [1.29, 1.82) is 0 Å². The van der Waals surface area contributed by atoms with E-state index in [1.54, 1.807) is 18.6 Å². The molecule has 0 aromatic carbocycles. The predicted molar refractivity (Wildman–Crippen MR) is 106 cm³/mol. The lowest BCUT2D eigenvalue weighted by Crippen LogP contribution is -2.36. The lowest BCUT2D eigenvalue weighted by atomic mass is 10.0. The number of pyridine rings is 1. The van der Waals surface area contributed by atoms with Crippen molar-refractivity contribution >= 4 is 5.91 Å². The molecule has 0 saturated carbocycles. The number of nitrogens with zero attached hydrogens (tertiary/aromatic N) is 5. The second kappa shape index (κ2) is 8.16. The predicted octanol–water partition coefficient (Wildman–Crippen LogP) is 2.78. The monoisotopic (exact) mass is 395 g/mol. The number of hydrogen-bond donors (Lipinski definition) is 0. The van der Waals surface area contributed by atoms with Crippen LogP contribution in [0.4, 0.5) is 0 Å². The normalized spacial score (nSPS) is 13.6. The molecule has 0 unspecified atom stereocenters. The topological polar surface area (TPSA) is 86.3 Å². The number of aromatic nitrogens is 4. The first-order valence-corrected chi connectivity index (χ1v) is 9.87. The molecular weight excluding hydrogens is 370 g/mol. The first-order valence-electron chi connectivity index (χ1n) is 9.87. The maximum atomic E-state index is 13.0. The third-order valence-corrected chi connectivity index (χ3v) is 5.02. The molecule has 0 N–H and O–H groups in total. The molecule has 8 nitrogen and oxygen atoms in total. The number of carbonyl (C=O) groups excluding carboxylic acids is 1. The molecule has 4 heterocycles. The van der Waals surface area contributed by atoms with Crippen LogP contribution in [0.5, 0.6) is 0 Å². The van der Waals surface area contributed by atoms with Crippen molar-refractivity contribution in [1.82, 2.24) is 24.6 Å². The zero-order valence-electron chi connectivity index (χ0n) is 17.0. The number of ether oxygens (including phenoxy) is 1. The molecule has 3 aromatic heterocycles. The van der Waals surface area contributed by atoms with E-state index in [0.29, 0.717) is 50.0 Å². The van der Waals surface area contributed by atoms with Crippen LogP contribution >= 0.6 is 0 Å². The quantitative estimate of drug-likeness (QED) is 0.597. The average Bonchev–Trinajstić information content (AvgIpc) is 3.31. The summed E-state index contributed by atoms with van der Waals surface area (Å²) >= 11 is 0. The summed E-state index contributed by atoms with van der Waals surface area (Å²) in [6, 6.07) is 1.87. The second-order valence-electron chi connectivity index (χ2n) is 7.20. The highest BCUT2D eigenvalue weighted by Crippen LogP contribution is 2.30. The molecule has 1 aliphatic heterocycles. The van der Waals surface area contributed by atoms with Gasteiger partial charge in [0.05, 0.1) is 31.5 Å². The molecule has 0 fully saturated rings. The van der Waals surface area contributed by atoms with Crippen LogP contribution in [0.2, 0.25) is 0 Å². The summed E-state index contributed by atoms with van der Waals surface area (Å²) in [5, 5.41) is 4.76. The number of rotatable bonds is 6. The third kappa shape index (κ3) is 3.93. The van der Waals surface area contributed by atoms with E-state index < -0.39 is 0 Å². The molecule has 0 aliphatic carbocycles. The average molecular weight is 395 g/mol. The number of aryl methyl sites for hydroxylation is 2. The highest BCUT2D eigenvalue weighted by atomic mass is 16.5. The molecular formula is C21H25N5O3. The molecule has 1 amide bonds. The van der Waals surface area contributed by atoms with Gasteiger partial charge in [0.25, 0.3) is 5.91 Å². The molecule has 29 heavy (non-hydrogen) atoms. The Morgan fingerprint density at radius 1 is 1.28 bits per heavy atom. The Kier molecular flexibility index (Phi) is 5.44.